The van der Waals surface area contributed by atoms with Crippen LogP contribution in [0.2, 0.25) is 0 Å². The van der Waals surface area contributed by atoms with Crippen molar-refractivity contribution in [1.29, 1.82) is 5.26 Å². The highest BCUT2D eigenvalue weighted by molar-refractivity contribution is 5.52. The topological polar surface area (TPSA) is 35.8 Å². The molecule has 0 unspecified atom stereocenters. The van der Waals surface area contributed by atoms with Gasteiger partial charge in [0, 0.05) is 0 Å². The van der Waals surface area contributed by atoms with E-state index in [0.29, 0.717) is 5.56 Å². The van der Waals surface area contributed by atoms with Crippen LogP contribution in [0, 0.1) is 17.1 Å². The van der Waals surface area contributed by atoms with E-state index in [0.717, 1.165) is 18.5 Å². The van der Waals surface area contributed by atoms with Gasteiger partial charge in [-0.25, -0.2) is 4.39 Å². The molecule has 0 aromatic heterocycles. The Morgan fingerprint density at radius 1 is 1.47 bits per heavy atom. The van der Waals surface area contributed by atoms with Crippen LogP contribution in [-0.2, 0) is 0 Å². The molecule has 3 heteroatoms. The Labute approximate surface area is 89.0 Å². The number of nitrogens with zero attached hydrogens (tertiary/aromatic N) is 1. The molecule has 0 fully saturated rings. The molecule has 78 valence electrons. The molecular weight excluding hydrogens is 191 g/mol. The van der Waals surface area contributed by atoms with Gasteiger partial charge in [0.1, 0.15) is 5.82 Å². The quantitative estimate of drug-likeness (QED) is 0.764. The fraction of sp³-hybridized carbons (Fsp3) is 0.250. The van der Waals surface area contributed by atoms with Crippen molar-refractivity contribution in [2.45, 2.75) is 6.42 Å². The molecule has 0 aliphatic rings. The third-order valence-corrected chi connectivity index (χ3v) is 1.92. The number of nitrogens with one attached hydrogen (secondary N) is 1. The molecule has 1 aromatic carbocycles. The maximum absolute atomic E-state index is 13.0. The van der Waals surface area contributed by atoms with Crippen molar-refractivity contribution < 1.29 is 4.39 Å². The Bertz CT molecular complexity index is 391. The summed E-state index contributed by atoms with van der Waals surface area (Å²) in [6.07, 6.45) is 4.66. The predicted octanol–water partition coefficient (Wildman–Crippen LogP) is 2.32. The van der Waals surface area contributed by atoms with E-state index in [-0.39, 0.29) is 5.82 Å². The van der Waals surface area contributed by atoms with Crippen LogP contribution in [0.15, 0.2) is 24.3 Å². The molecule has 1 aromatic rings. The van der Waals surface area contributed by atoms with Gasteiger partial charge in [-0.2, -0.15) is 5.26 Å². The van der Waals surface area contributed by atoms with E-state index < -0.39 is 0 Å². The predicted molar refractivity (Wildman–Crippen MR) is 58.7 cm³/mol. The van der Waals surface area contributed by atoms with Crippen LogP contribution in [-0.4, -0.2) is 13.6 Å². The Morgan fingerprint density at radius 3 is 2.93 bits per heavy atom. The van der Waals surface area contributed by atoms with Crippen LogP contribution in [0.4, 0.5) is 4.39 Å². The highest BCUT2D eigenvalue weighted by Crippen LogP contribution is 2.10. The average molecular weight is 204 g/mol. The zero-order valence-electron chi connectivity index (χ0n) is 8.63. The first kappa shape index (κ1) is 11.4. The summed E-state index contributed by atoms with van der Waals surface area (Å²) in [5, 5.41) is 11.7. The van der Waals surface area contributed by atoms with Gasteiger partial charge >= 0.3 is 0 Å². The van der Waals surface area contributed by atoms with Crippen molar-refractivity contribution in [3.8, 4) is 6.07 Å². The highest BCUT2D eigenvalue weighted by atomic mass is 19.1. The molecule has 1 N–H and O–H groups in total. The molecule has 0 aliphatic heterocycles. The summed E-state index contributed by atoms with van der Waals surface area (Å²) in [4.78, 5) is 0. The lowest BCUT2D eigenvalue weighted by Crippen LogP contribution is -2.05. The van der Waals surface area contributed by atoms with E-state index in [1.807, 2.05) is 25.3 Å². The fourth-order valence-electron chi connectivity index (χ4n) is 1.22. The molecule has 0 spiro atoms. The van der Waals surface area contributed by atoms with Gasteiger partial charge in [-0.1, -0.05) is 12.2 Å². The number of halogens is 1. The molecule has 0 bridgehead atoms. The summed E-state index contributed by atoms with van der Waals surface area (Å²) in [6, 6.07) is 6.23. The molecule has 0 saturated heterocycles. The lowest BCUT2D eigenvalue weighted by atomic mass is 10.1. The second kappa shape index (κ2) is 5.94. The van der Waals surface area contributed by atoms with Crippen LogP contribution in [0.1, 0.15) is 17.5 Å². The molecule has 1 rings (SSSR count). The van der Waals surface area contributed by atoms with Crippen LogP contribution in [0.5, 0.6) is 0 Å². The molecule has 0 radical (unpaired) electrons. The van der Waals surface area contributed by atoms with Gasteiger partial charge in [0.2, 0.25) is 0 Å². The van der Waals surface area contributed by atoms with Crippen LogP contribution in [0.25, 0.3) is 6.08 Å². The van der Waals surface area contributed by atoms with Crippen molar-refractivity contribution in [2.75, 3.05) is 13.6 Å². The van der Waals surface area contributed by atoms with Crippen molar-refractivity contribution in [1.82, 2.24) is 5.32 Å². The van der Waals surface area contributed by atoms with Gasteiger partial charge in [0.15, 0.2) is 0 Å². The van der Waals surface area contributed by atoms with Crippen molar-refractivity contribution >= 4 is 6.08 Å². The minimum atomic E-state index is -0.373. The van der Waals surface area contributed by atoms with Crippen LogP contribution in [0.3, 0.4) is 0 Å². The molecule has 15 heavy (non-hydrogen) atoms. The molecular formula is C12H13FN2. The normalized spacial score (nSPS) is 10.5. The van der Waals surface area contributed by atoms with Gasteiger partial charge in [0.25, 0.3) is 0 Å². The van der Waals surface area contributed by atoms with Gasteiger partial charge in [-0.05, 0) is 43.8 Å². The average Bonchev–Trinajstić information content (AvgIpc) is 2.23. The van der Waals surface area contributed by atoms with Crippen molar-refractivity contribution in [3.05, 3.63) is 41.2 Å². The van der Waals surface area contributed by atoms with Gasteiger partial charge in [-0.3, -0.25) is 0 Å². The van der Waals surface area contributed by atoms with Crippen LogP contribution < -0.4 is 5.32 Å². The lowest BCUT2D eigenvalue weighted by Gasteiger charge is -1.96. The van der Waals surface area contributed by atoms with Crippen molar-refractivity contribution in [2.24, 2.45) is 0 Å². The summed E-state index contributed by atoms with van der Waals surface area (Å²) in [7, 11) is 1.88. The molecule has 0 heterocycles. The fourth-order valence-corrected chi connectivity index (χ4v) is 1.22. The number of hydrogen-bond acceptors (Lipinski definition) is 2. The third-order valence-electron chi connectivity index (χ3n) is 1.92. The molecule has 0 aliphatic carbocycles. The summed E-state index contributed by atoms with van der Waals surface area (Å²) in [6.45, 7) is 0.886. The highest BCUT2D eigenvalue weighted by Gasteiger charge is 1.97. The Balaban J connectivity index is 2.73. The number of hydrogen-bond donors (Lipinski definition) is 1. The summed E-state index contributed by atoms with van der Waals surface area (Å²) in [5.74, 6) is -0.373. The maximum atomic E-state index is 13.0. The molecule has 0 saturated carbocycles. The molecule has 0 atom stereocenters. The second-order valence-electron chi connectivity index (χ2n) is 3.18. The second-order valence-corrected chi connectivity index (χ2v) is 3.18. The minimum absolute atomic E-state index is 0.350. The first-order valence-corrected chi connectivity index (χ1v) is 4.78. The SMILES string of the molecule is CNCCC=Cc1cc(F)cc(C#N)c1. The summed E-state index contributed by atoms with van der Waals surface area (Å²) >= 11 is 0. The molecule has 2 nitrogen and oxygen atoms in total. The van der Waals surface area contributed by atoms with E-state index in [1.165, 1.54) is 12.1 Å². The largest absolute Gasteiger partial charge is 0.319 e. The zero-order chi connectivity index (χ0) is 11.1. The number of nitriles is 1. The molecule has 0 amide bonds. The van der Waals surface area contributed by atoms with E-state index in [9.17, 15) is 4.39 Å². The summed E-state index contributed by atoms with van der Waals surface area (Å²) in [5.41, 5.74) is 1.07. The van der Waals surface area contributed by atoms with Crippen molar-refractivity contribution in [3.63, 3.8) is 0 Å². The van der Waals surface area contributed by atoms with E-state index in [1.54, 1.807) is 6.07 Å². The Kier molecular flexibility index (Phi) is 4.52. The third kappa shape index (κ3) is 3.92. The zero-order valence-corrected chi connectivity index (χ0v) is 8.63. The van der Waals surface area contributed by atoms with Crippen LogP contribution >= 0.6 is 0 Å². The monoisotopic (exact) mass is 204 g/mol. The maximum Gasteiger partial charge on any atom is 0.125 e. The van der Waals surface area contributed by atoms with E-state index in [2.05, 4.69) is 5.32 Å². The standard InChI is InChI=1S/C12H13FN2/c1-15-5-3-2-4-10-6-11(9-14)8-12(13)7-10/h2,4,6-8,15H,3,5H2,1H3. The van der Waals surface area contributed by atoms with E-state index >= 15 is 0 Å². The van der Waals surface area contributed by atoms with E-state index in [4.69, 9.17) is 5.26 Å². The van der Waals surface area contributed by atoms with Gasteiger partial charge in [-0.15, -0.1) is 0 Å². The van der Waals surface area contributed by atoms with Gasteiger partial charge in [0.05, 0.1) is 11.6 Å². The first-order chi connectivity index (χ1) is 7.26. The number of benzene rings is 1. The smallest absolute Gasteiger partial charge is 0.125 e. The Morgan fingerprint density at radius 2 is 2.27 bits per heavy atom. The summed E-state index contributed by atoms with van der Waals surface area (Å²) < 4.78 is 13.0. The van der Waals surface area contributed by atoms with Gasteiger partial charge < -0.3 is 5.32 Å². The minimum Gasteiger partial charge on any atom is -0.319 e. The lowest BCUT2D eigenvalue weighted by molar-refractivity contribution is 0.627. The number of rotatable bonds is 4. The Hall–Kier alpha value is -1.66. The first-order valence-electron chi connectivity index (χ1n) is 4.78.